The van der Waals surface area contributed by atoms with Gasteiger partial charge < -0.3 is 25.5 Å². The Labute approximate surface area is 194 Å². The molecule has 2 amide bonds. The first kappa shape index (κ1) is 22.5. The molecule has 2 aromatic heterocycles. The number of carbonyl (C=O) groups is 2. The minimum Gasteiger partial charge on any atom is -0.395 e. The molecule has 1 saturated heterocycles. The molecule has 0 unspecified atom stereocenters. The molecule has 3 heterocycles. The predicted octanol–water partition coefficient (Wildman–Crippen LogP) is 3.32. The molecule has 10 heteroatoms. The Morgan fingerprint density at radius 3 is 2.47 bits per heavy atom. The molecule has 1 fully saturated rings. The highest BCUT2D eigenvalue weighted by Gasteiger charge is 2.27. The third-order valence-corrected chi connectivity index (χ3v) is 7.66. The van der Waals surface area contributed by atoms with Crippen LogP contribution in [0.15, 0.2) is 30.3 Å². The monoisotopic (exact) mass is 473 g/mol. The van der Waals surface area contributed by atoms with Crippen LogP contribution >= 0.6 is 22.7 Å². The fourth-order valence-corrected chi connectivity index (χ4v) is 5.88. The highest BCUT2D eigenvalue weighted by atomic mass is 32.1. The average molecular weight is 474 g/mol. The molecule has 1 aliphatic rings. The van der Waals surface area contributed by atoms with Gasteiger partial charge in [0.1, 0.15) is 4.83 Å². The van der Waals surface area contributed by atoms with Gasteiger partial charge in [-0.15, -0.1) is 11.3 Å². The first-order chi connectivity index (χ1) is 15.4. The molecule has 1 aromatic carbocycles. The number of aliphatic hydroxyl groups excluding tert-OH is 1. The van der Waals surface area contributed by atoms with Gasteiger partial charge >= 0.3 is 0 Å². The van der Waals surface area contributed by atoms with E-state index >= 15 is 0 Å². The molecule has 170 valence electrons. The van der Waals surface area contributed by atoms with Crippen LogP contribution in [0.1, 0.15) is 22.5 Å². The van der Waals surface area contributed by atoms with E-state index in [2.05, 4.69) is 15.5 Å². The van der Waals surface area contributed by atoms with Gasteiger partial charge in [-0.1, -0.05) is 11.3 Å². The highest BCUT2D eigenvalue weighted by molar-refractivity contribution is 7.29. The van der Waals surface area contributed by atoms with Crippen LogP contribution < -0.4 is 15.5 Å². The number of hydrogen-bond donors (Lipinski definition) is 3. The molecule has 0 saturated carbocycles. The largest absolute Gasteiger partial charge is 0.395 e. The van der Waals surface area contributed by atoms with E-state index in [4.69, 9.17) is 10.1 Å². The Balaban J connectivity index is 1.36. The number of thiophene rings is 1. The third kappa shape index (κ3) is 5.03. The van der Waals surface area contributed by atoms with Gasteiger partial charge in [0.25, 0.3) is 5.91 Å². The van der Waals surface area contributed by atoms with Gasteiger partial charge in [-0.25, -0.2) is 4.98 Å². The van der Waals surface area contributed by atoms with Crippen molar-refractivity contribution >= 4 is 60.5 Å². The number of aromatic nitrogens is 1. The van der Waals surface area contributed by atoms with Crippen molar-refractivity contribution < 1.29 is 14.7 Å². The number of nitrogens with one attached hydrogen (secondary N) is 2. The SMILES string of the molecule is CN(C)C(=O)C1CCN(c2nc3sc(C(=O)Nc4ccc(NCCO)cc4)cc3s2)CC1. The number of nitrogens with zero attached hydrogens (tertiary/aromatic N) is 3. The van der Waals surface area contributed by atoms with Gasteiger partial charge in [0.05, 0.1) is 16.2 Å². The number of aliphatic hydroxyl groups is 1. The third-order valence-electron chi connectivity index (χ3n) is 5.44. The van der Waals surface area contributed by atoms with E-state index < -0.39 is 0 Å². The second-order valence-electron chi connectivity index (χ2n) is 7.95. The van der Waals surface area contributed by atoms with Crippen molar-refractivity contribution in [3.8, 4) is 0 Å². The van der Waals surface area contributed by atoms with E-state index in [1.165, 1.54) is 11.3 Å². The van der Waals surface area contributed by atoms with Crippen molar-refractivity contribution in [3.05, 3.63) is 35.2 Å². The molecular weight excluding hydrogens is 446 g/mol. The maximum absolute atomic E-state index is 12.7. The summed E-state index contributed by atoms with van der Waals surface area (Å²) in [5, 5.41) is 15.8. The summed E-state index contributed by atoms with van der Waals surface area (Å²) in [6.45, 7) is 2.19. The lowest BCUT2D eigenvalue weighted by atomic mass is 9.96. The van der Waals surface area contributed by atoms with Crippen LogP contribution in [0.5, 0.6) is 0 Å². The Bertz CT molecular complexity index is 1050. The Kier molecular flexibility index (Phi) is 6.92. The molecule has 0 aliphatic carbocycles. The van der Waals surface area contributed by atoms with Crippen LogP contribution in [0.4, 0.5) is 16.5 Å². The Morgan fingerprint density at radius 1 is 1.16 bits per heavy atom. The smallest absolute Gasteiger partial charge is 0.265 e. The summed E-state index contributed by atoms with van der Waals surface area (Å²) in [6, 6.07) is 9.28. The van der Waals surface area contributed by atoms with Gasteiger partial charge in [0, 0.05) is 51.0 Å². The zero-order chi connectivity index (χ0) is 22.7. The number of rotatable bonds is 7. The number of fused-ring (bicyclic) bond motifs is 1. The standard InChI is InChI=1S/C22H27N5O3S2/c1-26(2)21(30)14-7-10-27(11-8-14)22-25-20-18(32-22)13-17(31-20)19(29)24-16-5-3-15(4-6-16)23-9-12-28/h3-6,13-14,23,28H,7-12H2,1-2H3,(H,24,29). The quantitative estimate of drug-likeness (QED) is 0.487. The molecular formula is C22H27N5O3S2. The molecule has 3 N–H and O–H groups in total. The van der Waals surface area contributed by atoms with Gasteiger partial charge in [-0.05, 0) is 43.2 Å². The van der Waals surface area contributed by atoms with E-state index in [1.54, 1.807) is 16.2 Å². The number of benzene rings is 1. The van der Waals surface area contributed by atoms with Crippen LogP contribution in [0, 0.1) is 5.92 Å². The minimum atomic E-state index is -0.152. The number of hydrogen-bond acceptors (Lipinski definition) is 8. The molecule has 1 aliphatic heterocycles. The lowest BCUT2D eigenvalue weighted by molar-refractivity contribution is -0.133. The zero-order valence-corrected chi connectivity index (χ0v) is 19.8. The summed E-state index contributed by atoms with van der Waals surface area (Å²) in [7, 11) is 3.62. The second-order valence-corrected chi connectivity index (χ2v) is 9.99. The lowest BCUT2D eigenvalue weighted by Crippen LogP contribution is -2.40. The first-order valence-corrected chi connectivity index (χ1v) is 12.2. The topological polar surface area (TPSA) is 97.8 Å². The van der Waals surface area contributed by atoms with Crippen molar-refractivity contribution in [2.45, 2.75) is 12.8 Å². The van der Waals surface area contributed by atoms with Gasteiger partial charge in [-0.3, -0.25) is 9.59 Å². The van der Waals surface area contributed by atoms with Crippen molar-refractivity contribution in [3.63, 3.8) is 0 Å². The maximum Gasteiger partial charge on any atom is 0.265 e. The van der Waals surface area contributed by atoms with Gasteiger partial charge in [0.2, 0.25) is 5.91 Å². The number of carbonyl (C=O) groups excluding carboxylic acids is 2. The van der Waals surface area contributed by atoms with Crippen molar-refractivity contribution in [2.75, 3.05) is 55.9 Å². The Morgan fingerprint density at radius 2 is 1.84 bits per heavy atom. The first-order valence-electron chi connectivity index (χ1n) is 10.6. The van der Waals surface area contributed by atoms with Crippen LogP contribution in [-0.2, 0) is 4.79 Å². The van der Waals surface area contributed by atoms with E-state index in [0.717, 1.165) is 46.3 Å². The summed E-state index contributed by atoms with van der Waals surface area (Å²) in [5.74, 6) is 0.148. The highest BCUT2D eigenvalue weighted by Crippen LogP contribution is 2.36. The second kappa shape index (κ2) is 9.85. The molecule has 32 heavy (non-hydrogen) atoms. The molecule has 4 rings (SSSR count). The van der Waals surface area contributed by atoms with Crippen LogP contribution in [0.25, 0.3) is 9.53 Å². The summed E-state index contributed by atoms with van der Waals surface area (Å²) in [6.07, 6.45) is 1.68. The van der Waals surface area contributed by atoms with E-state index in [0.29, 0.717) is 17.1 Å². The van der Waals surface area contributed by atoms with E-state index in [1.807, 2.05) is 44.4 Å². The zero-order valence-electron chi connectivity index (χ0n) is 18.1. The molecule has 0 radical (unpaired) electrons. The van der Waals surface area contributed by atoms with Crippen molar-refractivity contribution in [1.82, 2.24) is 9.88 Å². The number of thiazole rings is 1. The summed E-state index contributed by atoms with van der Waals surface area (Å²) >= 11 is 2.99. The fourth-order valence-electron chi connectivity index (χ4n) is 3.72. The predicted molar refractivity (Wildman–Crippen MR) is 131 cm³/mol. The van der Waals surface area contributed by atoms with E-state index in [-0.39, 0.29) is 24.3 Å². The molecule has 8 nitrogen and oxygen atoms in total. The van der Waals surface area contributed by atoms with E-state index in [9.17, 15) is 9.59 Å². The van der Waals surface area contributed by atoms with Crippen LogP contribution in [0.2, 0.25) is 0 Å². The van der Waals surface area contributed by atoms with Crippen LogP contribution in [0.3, 0.4) is 0 Å². The molecule has 0 spiro atoms. The number of anilines is 3. The van der Waals surface area contributed by atoms with Gasteiger partial charge in [0.15, 0.2) is 5.13 Å². The van der Waals surface area contributed by atoms with Crippen LogP contribution in [-0.4, -0.2) is 67.1 Å². The maximum atomic E-state index is 12.7. The Hall–Kier alpha value is -2.69. The molecule has 3 aromatic rings. The number of amides is 2. The number of piperidine rings is 1. The van der Waals surface area contributed by atoms with Crippen molar-refractivity contribution in [1.29, 1.82) is 0 Å². The molecule has 0 atom stereocenters. The normalized spacial score (nSPS) is 14.5. The van der Waals surface area contributed by atoms with Gasteiger partial charge in [-0.2, -0.15) is 0 Å². The average Bonchev–Trinajstić information content (AvgIpc) is 3.38. The summed E-state index contributed by atoms with van der Waals surface area (Å²) in [4.78, 5) is 35.0. The fraction of sp³-hybridized carbons (Fsp3) is 0.409. The molecule has 0 bridgehead atoms. The van der Waals surface area contributed by atoms with Crippen molar-refractivity contribution in [2.24, 2.45) is 5.92 Å². The minimum absolute atomic E-state index is 0.0676. The summed E-state index contributed by atoms with van der Waals surface area (Å²) < 4.78 is 1.00. The summed E-state index contributed by atoms with van der Waals surface area (Å²) in [5.41, 5.74) is 1.60. The lowest BCUT2D eigenvalue weighted by Gasteiger charge is -2.32.